The number of benzene rings is 1. The minimum atomic E-state index is -0.120. The van der Waals surface area contributed by atoms with Crippen LogP contribution in [0.2, 0.25) is 0 Å². The van der Waals surface area contributed by atoms with Gasteiger partial charge in [-0.25, -0.2) is 0 Å². The van der Waals surface area contributed by atoms with Gasteiger partial charge in [0.05, 0.1) is 19.2 Å². The number of carbonyl (C=O) groups is 2. The maximum absolute atomic E-state index is 12.0. The van der Waals surface area contributed by atoms with Crippen LogP contribution in [0.5, 0.6) is 5.75 Å². The van der Waals surface area contributed by atoms with Crippen molar-refractivity contribution < 1.29 is 14.3 Å². The highest BCUT2D eigenvalue weighted by Crippen LogP contribution is 2.22. The molecule has 112 valence electrons. The number of carbonyl (C=O) groups excluding carboxylic acids is 2. The summed E-state index contributed by atoms with van der Waals surface area (Å²) in [6.07, 6.45) is 2.37. The predicted molar refractivity (Wildman–Crippen MR) is 82.9 cm³/mol. The molecule has 0 radical (unpaired) electrons. The van der Waals surface area contributed by atoms with Gasteiger partial charge in [-0.15, -0.1) is 0 Å². The Balaban J connectivity index is 2.26. The molecule has 6 heteroatoms. The van der Waals surface area contributed by atoms with Crippen LogP contribution in [-0.4, -0.2) is 28.8 Å². The highest BCUT2D eigenvalue weighted by molar-refractivity contribution is 7.80. The van der Waals surface area contributed by atoms with Crippen LogP contribution in [-0.2, 0) is 16.1 Å². The largest absolute Gasteiger partial charge is 0.496 e. The Morgan fingerprint density at radius 2 is 1.90 bits per heavy atom. The zero-order chi connectivity index (χ0) is 15.4. The number of hydrogen-bond acceptors (Lipinski definition) is 4. The van der Waals surface area contributed by atoms with Crippen molar-refractivity contribution in [2.24, 2.45) is 5.73 Å². The first kappa shape index (κ1) is 15.4. The van der Waals surface area contributed by atoms with Crippen molar-refractivity contribution in [3.63, 3.8) is 0 Å². The van der Waals surface area contributed by atoms with Crippen LogP contribution >= 0.6 is 12.2 Å². The summed E-state index contributed by atoms with van der Waals surface area (Å²) in [6, 6.07) is 5.33. The molecule has 0 aliphatic carbocycles. The van der Waals surface area contributed by atoms with Crippen molar-refractivity contribution in [1.82, 2.24) is 4.90 Å². The maximum Gasteiger partial charge on any atom is 0.229 e. The molecule has 0 aromatic heterocycles. The maximum atomic E-state index is 12.0. The quantitative estimate of drug-likeness (QED) is 0.678. The lowest BCUT2D eigenvalue weighted by molar-refractivity contribution is -0.144. The Kier molecular flexibility index (Phi) is 4.90. The van der Waals surface area contributed by atoms with E-state index in [1.54, 1.807) is 19.2 Å². The Morgan fingerprint density at radius 3 is 2.43 bits per heavy atom. The topological polar surface area (TPSA) is 72.6 Å². The zero-order valence-corrected chi connectivity index (χ0v) is 12.7. The van der Waals surface area contributed by atoms with E-state index in [4.69, 9.17) is 22.7 Å². The van der Waals surface area contributed by atoms with Gasteiger partial charge in [0, 0.05) is 12.8 Å². The molecule has 0 unspecified atom stereocenters. The second-order valence-electron chi connectivity index (χ2n) is 4.98. The third kappa shape index (κ3) is 3.58. The van der Waals surface area contributed by atoms with E-state index in [1.165, 1.54) is 4.90 Å². The molecule has 1 heterocycles. The summed E-state index contributed by atoms with van der Waals surface area (Å²) in [4.78, 5) is 25.5. The third-order valence-electron chi connectivity index (χ3n) is 3.50. The zero-order valence-electron chi connectivity index (χ0n) is 11.9. The highest BCUT2D eigenvalue weighted by atomic mass is 32.1. The molecule has 0 bridgehead atoms. The molecule has 0 saturated carbocycles. The summed E-state index contributed by atoms with van der Waals surface area (Å²) in [6.45, 7) is 0.247. The van der Waals surface area contributed by atoms with Crippen LogP contribution in [0.25, 0.3) is 0 Å². The van der Waals surface area contributed by atoms with Gasteiger partial charge in [0.1, 0.15) is 10.7 Å². The summed E-state index contributed by atoms with van der Waals surface area (Å²) in [5, 5.41) is 0. The smallest absolute Gasteiger partial charge is 0.229 e. The highest BCUT2D eigenvalue weighted by Gasteiger charge is 2.24. The monoisotopic (exact) mass is 306 g/mol. The van der Waals surface area contributed by atoms with E-state index in [2.05, 4.69) is 0 Å². The molecule has 0 atom stereocenters. The number of nitrogens with zero attached hydrogens (tertiary/aromatic N) is 1. The van der Waals surface area contributed by atoms with Gasteiger partial charge in [-0.2, -0.15) is 0 Å². The number of rotatable bonds is 4. The molecule has 1 saturated heterocycles. The van der Waals surface area contributed by atoms with Gasteiger partial charge >= 0.3 is 0 Å². The lowest BCUT2D eigenvalue weighted by atomic mass is 10.1. The molecule has 21 heavy (non-hydrogen) atoms. The summed E-state index contributed by atoms with van der Waals surface area (Å²) >= 11 is 5.00. The second-order valence-corrected chi connectivity index (χ2v) is 5.42. The van der Waals surface area contributed by atoms with Crippen molar-refractivity contribution in [1.29, 1.82) is 0 Å². The third-order valence-corrected chi connectivity index (χ3v) is 3.72. The molecule has 1 aliphatic rings. The van der Waals surface area contributed by atoms with Crippen molar-refractivity contribution >= 4 is 29.0 Å². The van der Waals surface area contributed by atoms with E-state index in [-0.39, 0.29) is 23.3 Å². The average molecular weight is 306 g/mol. The second kappa shape index (κ2) is 6.67. The summed E-state index contributed by atoms with van der Waals surface area (Å²) < 4.78 is 5.20. The molecule has 1 aromatic carbocycles. The average Bonchev–Trinajstić information content (AvgIpc) is 2.62. The van der Waals surface area contributed by atoms with E-state index in [9.17, 15) is 9.59 Å². The molecular weight excluding hydrogens is 288 g/mol. The van der Waals surface area contributed by atoms with E-state index < -0.39 is 0 Å². The van der Waals surface area contributed by atoms with E-state index in [0.717, 1.165) is 18.4 Å². The Labute approximate surface area is 129 Å². The van der Waals surface area contributed by atoms with E-state index >= 15 is 0 Å². The minimum absolute atomic E-state index is 0.120. The molecule has 2 rings (SSSR count). The van der Waals surface area contributed by atoms with Gasteiger partial charge in [0.15, 0.2) is 0 Å². The molecule has 0 spiro atoms. The minimum Gasteiger partial charge on any atom is -0.496 e. The lowest BCUT2D eigenvalue weighted by Gasteiger charge is -2.19. The number of methoxy groups -OCH3 is 1. The van der Waals surface area contributed by atoms with Crippen LogP contribution in [0.4, 0.5) is 0 Å². The van der Waals surface area contributed by atoms with Gasteiger partial charge in [0.2, 0.25) is 11.8 Å². The Hall–Kier alpha value is -1.95. The van der Waals surface area contributed by atoms with Crippen molar-refractivity contribution in [3.8, 4) is 5.75 Å². The first-order valence-electron chi connectivity index (χ1n) is 6.83. The first-order chi connectivity index (χ1) is 10.0. The number of likely N-dealkylation sites (tertiary alicyclic amines) is 1. The van der Waals surface area contributed by atoms with Gasteiger partial charge < -0.3 is 10.5 Å². The Morgan fingerprint density at radius 1 is 1.29 bits per heavy atom. The van der Waals surface area contributed by atoms with E-state index in [0.29, 0.717) is 24.2 Å². The standard InChI is InChI=1S/C15H18N2O3S/c1-20-12-7-6-10(8-11(12)15(16)21)9-17-13(18)4-2-3-5-14(17)19/h6-8H,2-5,9H2,1H3,(H2,16,21). The summed E-state index contributed by atoms with van der Waals surface area (Å²) in [5.41, 5.74) is 7.09. The normalized spacial score (nSPS) is 15.8. The van der Waals surface area contributed by atoms with Crippen molar-refractivity contribution in [2.75, 3.05) is 7.11 Å². The van der Waals surface area contributed by atoms with Crippen molar-refractivity contribution in [3.05, 3.63) is 29.3 Å². The van der Waals surface area contributed by atoms with Gasteiger partial charge in [0.25, 0.3) is 0 Å². The van der Waals surface area contributed by atoms with Crippen molar-refractivity contribution in [2.45, 2.75) is 32.2 Å². The van der Waals surface area contributed by atoms with Crippen LogP contribution in [0.1, 0.15) is 36.8 Å². The molecule has 1 aromatic rings. The van der Waals surface area contributed by atoms with Gasteiger partial charge in [-0.3, -0.25) is 14.5 Å². The molecule has 2 N–H and O–H groups in total. The fourth-order valence-electron chi connectivity index (χ4n) is 2.37. The SMILES string of the molecule is COc1ccc(CN2C(=O)CCCCC2=O)cc1C(N)=S. The van der Waals surface area contributed by atoms with E-state index in [1.807, 2.05) is 6.07 Å². The molecule has 1 fully saturated rings. The van der Waals surface area contributed by atoms with Crippen LogP contribution < -0.4 is 10.5 Å². The van der Waals surface area contributed by atoms with Crippen LogP contribution in [0.3, 0.4) is 0 Å². The van der Waals surface area contributed by atoms with Gasteiger partial charge in [-0.1, -0.05) is 18.3 Å². The number of hydrogen-bond donors (Lipinski definition) is 1. The fourth-order valence-corrected chi connectivity index (χ4v) is 2.53. The Bertz CT molecular complexity index is 568. The molecule has 5 nitrogen and oxygen atoms in total. The lowest BCUT2D eigenvalue weighted by Crippen LogP contribution is -2.34. The predicted octanol–water partition coefficient (Wildman–Crippen LogP) is 1.76. The molecule has 1 aliphatic heterocycles. The summed E-state index contributed by atoms with van der Waals surface area (Å²) in [5.74, 6) is 0.343. The molecule has 2 amide bonds. The number of nitrogens with two attached hydrogens (primary N) is 1. The number of amides is 2. The first-order valence-corrected chi connectivity index (χ1v) is 7.23. The number of imide groups is 1. The number of ether oxygens (including phenoxy) is 1. The van der Waals surface area contributed by atoms with Gasteiger partial charge in [-0.05, 0) is 30.5 Å². The molecular formula is C15H18N2O3S. The summed E-state index contributed by atoms with van der Waals surface area (Å²) in [7, 11) is 1.54. The van der Waals surface area contributed by atoms with Crippen LogP contribution in [0, 0.1) is 0 Å². The van der Waals surface area contributed by atoms with Crippen LogP contribution in [0.15, 0.2) is 18.2 Å². The fraction of sp³-hybridized carbons (Fsp3) is 0.400. The number of thiocarbonyl (C=S) groups is 1.